The molecule has 0 amide bonds. The van der Waals surface area contributed by atoms with E-state index in [4.69, 9.17) is 14.2 Å². The minimum atomic E-state index is -0.765. The van der Waals surface area contributed by atoms with Crippen LogP contribution in [-0.4, -0.2) is 37.2 Å². The van der Waals surface area contributed by atoms with Gasteiger partial charge in [-0.2, -0.15) is 0 Å². The van der Waals surface area contributed by atoms with Crippen LogP contribution in [0.15, 0.2) is 24.3 Å². The molecule has 0 spiro atoms. The number of carbonyl (C=O) groups excluding carboxylic acids is 3. The van der Waals surface area contributed by atoms with Crippen LogP contribution in [0.25, 0.3) is 0 Å². The predicted octanol–water partition coefficient (Wildman–Crippen LogP) is 17.2. The molecule has 0 N–H and O–H groups in total. The van der Waals surface area contributed by atoms with Gasteiger partial charge in [-0.1, -0.05) is 238 Å². The fourth-order valence-electron chi connectivity index (χ4n) is 7.71. The van der Waals surface area contributed by atoms with Crippen molar-refractivity contribution >= 4 is 17.9 Å². The number of hydrogen-bond donors (Lipinski definition) is 0. The van der Waals surface area contributed by atoms with Crippen LogP contribution in [0.2, 0.25) is 0 Å². The van der Waals surface area contributed by atoms with Gasteiger partial charge in [0, 0.05) is 19.3 Å². The number of esters is 3. The molecule has 0 saturated carbocycles. The SMILES string of the molecule is CCCCC/C=C\C/C=C\CCCCCCCCCCCC(=O)OC[C@@H](COC(=O)CCCCCCCCCCCC)OC(=O)CCCCCCCCCCCCCCC. The Kier molecular flexibility index (Phi) is 47.8. The average Bonchev–Trinajstić information content (AvgIpc) is 3.24. The Morgan fingerprint density at radius 2 is 0.600 bits per heavy atom. The number of hydrogen-bond acceptors (Lipinski definition) is 6. The van der Waals surface area contributed by atoms with Gasteiger partial charge in [-0.05, 0) is 51.4 Å². The lowest BCUT2D eigenvalue weighted by Gasteiger charge is -2.18. The zero-order chi connectivity index (χ0) is 43.7. The monoisotopic (exact) mass is 845 g/mol. The normalized spacial score (nSPS) is 12.1. The first-order valence-electron chi connectivity index (χ1n) is 26.3. The summed E-state index contributed by atoms with van der Waals surface area (Å²) in [6.07, 6.45) is 55.9. The van der Waals surface area contributed by atoms with Crippen LogP contribution in [0.3, 0.4) is 0 Å². The van der Waals surface area contributed by atoms with Crippen molar-refractivity contribution in [2.45, 2.75) is 290 Å². The van der Waals surface area contributed by atoms with Crippen LogP contribution in [0.1, 0.15) is 284 Å². The molecule has 0 saturated heterocycles. The topological polar surface area (TPSA) is 78.9 Å². The first-order chi connectivity index (χ1) is 29.5. The van der Waals surface area contributed by atoms with E-state index in [-0.39, 0.29) is 31.1 Å². The van der Waals surface area contributed by atoms with E-state index in [1.807, 2.05) is 0 Å². The maximum atomic E-state index is 12.8. The lowest BCUT2D eigenvalue weighted by atomic mass is 10.0. The number of unbranched alkanes of at least 4 members (excludes halogenated alkanes) is 33. The molecule has 0 aromatic rings. The molecule has 0 aromatic heterocycles. The van der Waals surface area contributed by atoms with Crippen LogP contribution in [0, 0.1) is 0 Å². The second kappa shape index (κ2) is 49.5. The summed E-state index contributed by atoms with van der Waals surface area (Å²) in [5.41, 5.74) is 0. The highest BCUT2D eigenvalue weighted by Gasteiger charge is 2.19. The van der Waals surface area contributed by atoms with E-state index < -0.39 is 6.10 Å². The molecule has 60 heavy (non-hydrogen) atoms. The summed E-state index contributed by atoms with van der Waals surface area (Å²) in [5.74, 6) is -0.859. The summed E-state index contributed by atoms with van der Waals surface area (Å²) in [7, 11) is 0. The lowest BCUT2D eigenvalue weighted by molar-refractivity contribution is -0.167. The van der Waals surface area contributed by atoms with Gasteiger partial charge in [-0.25, -0.2) is 0 Å². The van der Waals surface area contributed by atoms with Crippen molar-refractivity contribution < 1.29 is 28.6 Å². The molecule has 0 aliphatic heterocycles. The maximum Gasteiger partial charge on any atom is 0.306 e. The van der Waals surface area contributed by atoms with Crippen LogP contribution < -0.4 is 0 Å². The van der Waals surface area contributed by atoms with Gasteiger partial charge in [0.1, 0.15) is 13.2 Å². The molecule has 0 aliphatic rings. The molecule has 0 radical (unpaired) electrons. The van der Waals surface area contributed by atoms with E-state index in [0.29, 0.717) is 19.3 Å². The number of carbonyl (C=O) groups is 3. The maximum absolute atomic E-state index is 12.8. The molecule has 0 aliphatic carbocycles. The molecule has 0 fully saturated rings. The largest absolute Gasteiger partial charge is 0.462 e. The second-order valence-electron chi connectivity index (χ2n) is 17.8. The Hall–Kier alpha value is -2.11. The third kappa shape index (κ3) is 46.9. The molecule has 0 aromatic carbocycles. The quantitative estimate of drug-likeness (QED) is 0.0263. The summed E-state index contributed by atoms with van der Waals surface area (Å²) in [6, 6.07) is 0. The molecule has 0 bridgehead atoms. The van der Waals surface area contributed by atoms with Crippen LogP contribution in [0.5, 0.6) is 0 Å². The molecule has 1 atom stereocenters. The summed E-state index contributed by atoms with van der Waals surface area (Å²) in [4.78, 5) is 37.9. The molecule has 0 unspecified atom stereocenters. The van der Waals surface area contributed by atoms with Crippen LogP contribution >= 0.6 is 0 Å². The Morgan fingerprint density at radius 1 is 0.333 bits per heavy atom. The summed E-state index contributed by atoms with van der Waals surface area (Å²) in [6.45, 7) is 6.62. The van der Waals surface area contributed by atoms with Gasteiger partial charge in [0.15, 0.2) is 6.10 Å². The van der Waals surface area contributed by atoms with E-state index in [1.165, 1.54) is 180 Å². The third-order valence-electron chi connectivity index (χ3n) is 11.7. The van der Waals surface area contributed by atoms with Gasteiger partial charge in [0.05, 0.1) is 0 Å². The van der Waals surface area contributed by atoms with Crippen LogP contribution in [0.4, 0.5) is 0 Å². The van der Waals surface area contributed by atoms with Crippen molar-refractivity contribution in [2.75, 3.05) is 13.2 Å². The first-order valence-corrected chi connectivity index (χ1v) is 26.3. The van der Waals surface area contributed by atoms with Crippen molar-refractivity contribution in [3.05, 3.63) is 24.3 Å². The minimum absolute atomic E-state index is 0.0677. The summed E-state index contributed by atoms with van der Waals surface area (Å²) >= 11 is 0. The fraction of sp³-hybridized carbons (Fsp3) is 0.870. The number of rotatable bonds is 48. The van der Waals surface area contributed by atoms with Crippen molar-refractivity contribution in [2.24, 2.45) is 0 Å². The summed E-state index contributed by atoms with van der Waals surface area (Å²) in [5, 5.41) is 0. The van der Waals surface area contributed by atoms with E-state index >= 15 is 0 Å². The highest BCUT2D eigenvalue weighted by atomic mass is 16.6. The van der Waals surface area contributed by atoms with Crippen molar-refractivity contribution in [1.82, 2.24) is 0 Å². The Morgan fingerprint density at radius 3 is 0.950 bits per heavy atom. The smallest absolute Gasteiger partial charge is 0.306 e. The fourth-order valence-corrected chi connectivity index (χ4v) is 7.71. The molecule has 6 heteroatoms. The lowest BCUT2D eigenvalue weighted by Crippen LogP contribution is -2.30. The van der Waals surface area contributed by atoms with Gasteiger partial charge >= 0.3 is 17.9 Å². The molecular formula is C54H100O6. The zero-order valence-electron chi connectivity index (χ0n) is 40.2. The van der Waals surface area contributed by atoms with Crippen molar-refractivity contribution in [1.29, 1.82) is 0 Å². The second-order valence-corrected chi connectivity index (χ2v) is 17.8. The van der Waals surface area contributed by atoms with Crippen molar-refractivity contribution in [3.8, 4) is 0 Å². The molecule has 0 heterocycles. The third-order valence-corrected chi connectivity index (χ3v) is 11.7. The molecule has 6 nitrogen and oxygen atoms in total. The van der Waals surface area contributed by atoms with Crippen molar-refractivity contribution in [3.63, 3.8) is 0 Å². The van der Waals surface area contributed by atoms with Gasteiger partial charge in [0.25, 0.3) is 0 Å². The molecular weight excluding hydrogens is 745 g/mol. The zero-order valence-corrected chi connectivity index (χ0v) is 40.2. The average molecular weight is 845 g/mol. The number of allylic oxidation sites excluding steroid dienone is 4. The van der Waals surface area contributed by atoms with E-state index in [9.17, 15) is 14.4 Å². The van der Waals surface area contributed by atoms with Crippen LogP contribution in [-0.2, 0) is 28.6 Å². The van der Waals surface area contributed by atoms with E-state index in [0.717, 1.165) is 64.2 Å². The highest BCUT2D eigenvalue weighted by molar-refractivity contribution is 5.71. The van der Waals surface area contributed by atoms with Gasteiger partial charge in [-0.3, -0.25) is 14.4 Å². The Balaban J connectivity index is 4.27. The Bertz CT molecular complexity index is 973. The molecule has 352 valence electrons. The van der Waals surface area contributed by atoms with Gasteiger partial charge < -0.3 is 14.2 Å². The van der Waals surface area contributed by atoms with E-state index in [2.05, 4.69) is 45.1 Å². The van der Waals surface area contributed by atoms with E-state index in [1.54, 1.807) is 0 Å². The highest BCUT2D eigenvalue weighted by Crippen LogP contribution is 2.16. The first kappa shape index (κ1) is 57.9. The molecule has 0 rings (SSSR count). The number of ether oxygens (including phenoxy) is 3. The predicted molar refractivity (Wildman–Crippen MR) is 256 cm³/mol. The van der Waals surface area contributed by atoms with Gasteiger partial charge in [-0.15, -0.1) is 0 Å². The standard InChI is InChI=1S/C54H100O6/c1-4-7-10-13-16-19-22-24-25-26-27-28-29-31-32-35-38-41-44-47-53(56)59-50-51(49-58-52(55)46-43-40-37-34-21-18-15-12-9-6-3)60-54(57)48-45-42-39-36-33-30-23-20-17-14-11-8-5-2/h16,19,24-25,51H,4-15,17-18,20-23,26-50H2,1-3H3/b19-16-,25-24-/t51-/m1/s1. The summed E-state index contributed by atoms with van der Waals surface area (Å²) < 4.78 is 16.8. The Labute approximate surface area is 373 Å². The van der Waals surface area contributed by atoms with Gasteiger partial charge in [0.2, 0.25) is 0 Å². The minimum Gasteiger partial charge on any atom is -0.462 e.